The van der Waals surface area contributed by atoms with Crippen LogP contribution in [0.2, 0.25) is 0 Å². The number of likely N-dealkylation sites (N-methyl/N-ethyl adjacent to an activating group) is 1. The van der Waals surface area contributed by atoms with Gasteiger partial charge in [-0.05, 0) is 30.5 Å². The minimum Gasteiger partial charge on any atom is -0.480 e. The number of nitrogens with zero attached hydrogens (tertiary/aromatic N) is 1. The van der Waals surface area contributed by atoms with Crippen LogP contribution < -0.4 is 0 Å². The van der Waals surface area contributed by atoms with Crippen LogP contribution in [0, 0.1) is 0 Å². The highest BCUT2D eigenvalue weighted by molar-refractivity contribution is 7.89. The SMILES string of the molecule is CCCc1ccc(S(=O)(=O)N(C)C(CC)C(=O)O)cc1. The molecule has 1 rings (SSSR count). The number of rotatable bonds is 7. The van der Waals surface area contributed by atoms with Crippen molar-refractivity contribution in [3.8, 4) is 0 Å². The number of aryl methyl sites for hydroxylation is 1. The molecule has 0 aliphatic heterocycles. The summed E-state index contributed by atoms with van der Waals surface area (Å²) in [7, 11) is -2.47. The standard InChI is InChI=1S/C14H21NO4S/c1-4-6-11-7-9-12(10-8-11)20(18,19)15(3)13(5-2)14(16)17/h7-10,13H,4-6H2,1-3H3,(H,16,17). The average molecular weight is 299 g/mol. The molecule has 0 heterocycles. The van der Waals surface area contributed by atoms with Crippen LogP contribution in [0.4, 0.5) is 0 Å². The van der Waals surface area contributed by atoms with Gasteiger partial charge in [0.1, 0.15) is 6.04 Å². The van der Waals surface area contributed by atoms with Crippen molar-refractivity contribution in [3.63, 3.8) is 0 Å². The summed E-state index contributed by atoms with van der Waals surface area (Å²) in [5.41, 5.74) is 1.07. The Morgan fingerprint density at radius 2 is 1.80 bits per heavy atom. The highest BCUT2D eigenvalue weighted by Crippen LogP contribution is 2.19. The number of carboxylic acid groups (broad SMARTS) is 1. The van der Waals surface area contributed by atoms with Crippen LogP contribution in [-0.4, -0.2) is 36.9 Å². The van der Waals surface area contributed by atoms with E-state index in [2.05, 4.69) is 6.92 Å². The third-order valence-corrected chi connectivity index (χ3v) is 5.13. The third kappa shape index (κ3) is 3.58. The van der Waals surface area contributed by atoms with E-state index >= 15 is 0 Å². The Bertz CT molecular complexity index is 551. The van der Waals surface area contributed by atoms with Crippen molar-refractivity contribution in [1.29, 1.82) is 0 Å². The Labute approximate surface area is 120 Å². The van der Waals surface area contributed by atoms with Crippen LogP contribution in [0.1, 0.15) is 32.3 Å². The quantitative estimate of drug-likeness (QED) is 0.837. The van der Waals surface area contributed by atoms with E-state index in [0.29, 0.717) is 0 Å². The Hall–Kier alpha value is -1.40. The molecule has 112 valence electrons. The van der Waals surface area contributed by atoms with Gasteiger partial charge in [-0.3, -0.25) is 4.79 Å². The molecule has 20 heavy (non-hydrogen) atoms. The van der Waals surface area contributed by atoms with E-state index in [1.165, 1.54) is 19.2 Å². The molecule has 0 bridgehead atoms. The molecule has 0 saturated carbocycles. The molecule has 1 N–H and O–H groups in total. The second kappa shape index (κ2) is 6.85. The van der Waals surface area contributed by atoms with E-state index in [1.807, 2.05) is 0 Å². The number of hydrogen-bond acceptors (Lipinski definition) is 3. The fourth-order valence-electron chi connectivity index (χ4n) is 2.04. The predicted molar refractivity (Wildman–Crippen MR) is 77.1 cm³/mol. The van der Waals surface area contributed by atoms with E-state index in [4.69, 9.17) is 5.11 Å². The van der Waals surface area contributed by atoms with Crippen LogP contribution >= 0.6 is 0 Å². The van der Waals surface area contributed by atoms with Gasteiger partial charge in [0.05, 0.1) is 4.90 Å². The van der Waals surface area contributed by atoms with Gasteiger partial charge < -0.3 is 5.11 Å². The van der Waals surface area contributed by atoms with Gasteiger partial charge in [0, 0.05) is 7.05 Å². The molecule has 5 nitrogen and oxygen atoms in total. The normalized spacial score (nSPS) is 13.4. The van der Waals surface area contributed by atoms with E-state index in [1.54, 1.807) is 19.1 Å². The first-order valence-electron chi connectivity index (χ1n) is 6.64. The second-order valence-corrected chi connectivity index (χ2v) is 6.67. The lowest BCUT2D eigenvalue weighted by molar-refractivity contribution is -0.141. The van der Waals surface area contributed by atoms with Gasteiger partial charge in [-0.2, -0.15) is 4.31 Å². The van der Waals surface area contributed by atoms with Crippen LogP contribution in [0.15, 0.2) is 29.2 Å². The van der Waals surface area contributed by atoms with Gasteiger partial charge >= 0.3 is 5.97 Å². The maximum atomic E-state index is 12.4. The maximum Gasteiger partial charge on any atom is 0.321 e. The van der Waals surface area contributed by atoms with Gasteiger partial charge in [-0.1, -0.05) is 32.4 Å². The monoisotopic (exact) mass is 299 g/mol. The fourth-order valence-corrected chi connectivity index (χ4v) is 3.42. The van der Waals surface area contributed by atoms with Gasteiger partial charge in [0.15, 0.2) is 0 Å². The van der Waals surface area contributed by atoms with Crippen molar-refractivity contribution in [3.05, 3.63) is 29.8 Å². The molecule has 0 amide bonds. The summed E-state index contributed by atoms with van der Waals surface area (Å²) in [6, 6.07) is 5.56. The first-order valence-corrected chi connectivity index (χ1v) is 8.08. The smallest absolute Gasteiger partial charge is 0.321 e. The minimum atomic E-state index is -3.77. The van der Waals surface area contributed by atoms with Gasteiger partial charge in [0.2, 0.25) is 10.0 Å². The predicted octanol–water partition coefficient (Wildman–Crippen LogP) is 2.12. The van der Waals surface area contributed by atoms with Crippen molar-refractivity contribution >= 4 is 16.0 Å². The molecule has 0 fully saturated rings. The lowest BCUT2D eigenvalue weighted by Gasteiger charge is -2.23. The zero-order valence-electron chi connectivity index (χ0n) is 12.0. The topological polar surface area (TPSA) is 74.7 Å². The number of benzene rings is 1. The van der Waals surface area contributed by atoms with Crippen molar-refractivity contribution in [2.24, 2.45) is 0 Å². The molecule has 0 saturated heterocycles. The number of carboxylic acids is 1. The second-order valence-electron chi connectivity index (χ2n) is 4.68. The molecule has 0 radical (unpaired) electrons. The van der Waals surface area contributed by atoms with E-state index in [9.17, 15) is 13.2 Å². The molecular formula is C14H21NO4S. The molecule has 6 heteroatoms. The summed E-state index contributed by atoms with van der Waals surface area (Å²) < 4.78 is 25.7. The number of hydrogen-bond donors (Lipinski definition) is 1. The first-order chi connectivity index (χ1) is 9.34. The maximum absolute atomic E-state index is 12.4. The van der Waals surface area contributed by atoms with Gasteiger partial charge in [-0.25, -0.2) is 8.42 Å². The molecular weight excluding hydrogens is 278 g/mol. The van der Waals surface area contributed by atoms with Gasteiger partial charge in [-0.15, -0.1) is 0 Å². The molecule has 1 aromatic carbocycles. The number of aliphatic carboxylic acids is 1. The highest BCUT2D eigenvalue weighted by atomic mass is 32.2. The summed E-state index contributed by atoms with van der Waals surface area (Å²) in [5, 5.41) is 9.06. The number of carbonyl (C=O) groups is 1. The van der Waals surface area contributed by atoms with Gasteiger partial charge in [0.25, 0.3) is 0 Å². The third-order valence-electron chi connectivity index (χ3n) is 3.25. The summed E-state index contributed by atoms with van der Waals surface area (Å²) in [6.07, 6.45) is 2.10. The Morgan fingerprint density at radius 3 is 2.20 bits per heavy atom. The average Bonchev–Trinajstić information content (AvgIpc) is 2.40. The van der Waals surface area contributed by atoms with Crippen molar-refractivity contribution < 1.29 is 18.3 Å². The van der Waals surface area contributed by atoms with E-state index in [-0.39, 0.29) is 11.3 Å². The zero-order chi connectivity index (χ0) is 15.3. The molecule has 0 aliphatic rings. The lowest BCUT2D eigenvalue weighted by Crippen LogP contribution is -2.41. The van der Waals surface area contributed by atoms with Crippen LogP contribution in [0.3, 0.4) is 0 Å². The van der Waals surface area contributed by atoms with Crippen molar-refractivity contribution in [2.75, 3.05) is 7.05 Å². The molecule has 1 atom stereocenters. The van der Waals surface area contributed by atoms with Crippen LogP contribution in [-0.2, 0) is 21.2 Å². The lowest BCUT2D eigenvalue weighted by atomic mass is 10.1. The molecule has 1 aromatic rings. The number of sulfonamides is 1. The Kier molecular flexibility index (Phi) is 5.71. The Balaban J connectivity index is 3.06. The van der Waals surface area contributed by atoms with Crippen LogP contribution in [0.25, 0.3) is 0 Å². The summed E-state index contributed by atoms with van der Waals surface area (Å²) in [5.74, 6) is -1.14. The van der Waals surface area contributed by atoms with E-state index in [0.717, 1.165) is 22.7 Å². The van der Waals surface area contributed by atoms with Crippen molar-refractivity contribution in [1.82, 2.24) is 4.31 Å². The Morgan fingerprint density at radius 1 is 1.25 bits per heavy atom. The van der Waals surface area contributed by atoms with E-state index < -0.39 is 22.0 Å². The summed E-state index contributed by atoms with van der Waals surface area (Å²) in [4.78, 5) is 11.2. The molecule has 0 aromatic heterocycles. The molecule has 0 aliphatic carbocycles. The largest absolute Gasteiger partial charge is 0.480 e. The summed E-state index contributed by atoms with van der Waals surface area (Å²) >= 11 is 0. The molecule has 1 unspecified atom stereocenters. The fraction of sp³-hybridized carbons (Fsp3) is 0.500. The first kappa shape index (κ1) is 16.7. The zero-order valence-corrected chi connectivity index (χ0v) is 12.9. The summed E-state index contributed by atoms with van der Waals surface area (Å²) in [6.45, 7) is 3.70. The van der Waals surface area contributed by atoms with Crippen LogP contribution in [0.5, 0.6) is 0 Å². The van der Waals surface area contributed by atoms with Crippen molar-refractivity contribution in [2.45, 2.75) is 44.0 Å². The minimum absolute atomic E-state index is 0.125. The highest BCUT2D eigenvalue weighted by Gasteiger charge is 2.31. The molecule has 0 spiro atoms.